The summed E-state index contributed by atoms with van der Waals surface area (Å²) in [5.41, 5.74) is 1.90. The Labute approximate surface area is 124 Å². The second-order valence-electron chi connectivity index (χ2n) is 5.85. The van der Waals surface area contributed by atoms with E-state index in [1.54, 1.807) is 6.20 Å². The van der Waals surface area contributed by atoms with Crippen LogP contribution >= 0.6 is 0 Å². The minimum absolute atomic E-state index is 0.558. The van der Waals surface area contributed by atoms with Gasteiger partial charge in [0, 0.05) is 30.4 Å². The van der Waals surface area contributed by atoms with Crippen LogP contribution in [-0.2, 0) is 11.2 Å². The van der Waals surface area contributed by atoms with Crippen LogP contribution in [0, 0.1) is 5.92 Å². The lowest BCUT2D eigenvalue weighted by Crippen LogP contribution is -2.49. The predicted octanol–water partition coefficient (Wildman–Crippen LogP) is 2.87. The lowest BCUT2D eigenvalue weighted by atomic mass is 9.92. The quantitative estimate of drug-likeness (QED) is 0.938. The van der Waals surface area contributed by atoms with Crippen molar-refractivity contribution in [3.63, 3.8) is 0 Å². The van der Waals surface area contributed by atoms with Gasteiger partial charge in [-0.15, -0.1) is 0 Å². The van der Waals surface area contributed by atoms with Gasteiger partial charge in [-0.1, -0.05) is 32.0 Å². The summed E-state index contributed by atoms with van der Waals surface area (Å²) in [7, 11) is 0. The summed E-state index contributed by atoms with van der Waals surface area (Å²) in [4.78, 5) is 18.2. The van der Waals surface area contributed by atoms with Crippen molar-refractivity contribution in [3.05, 3.63) is 41.7 Å². The lowest BCUT2D eigenvalue weighted by molar-refractivity contribution is -0.146. The molecule has 2 heterocycles. The lowest BCUT2D eigenvalue weighted by Gasteiger charge is -2.41. The summed E-state index contributed by atoms with van der Waals surface area (Å²) in [6.07, 6.45) is 2.63. The van der Waals surface area contributed by atoms with E-state index in [4.69, 9.17) is 0 Å². The van der Waals surface area contributed by atoms with Crippen molar-refractivity contribution in [1.82, 2.24) is 9.88 Å². The zero-order chi connectivity index (χ0) is 15.0. The summed E-state index contributed by atoms with van der Waals surface area (Å²) in [5, 5.41) is 11.8. The van der Waals surface area contributed by atoms with Crippen LogP contribution in [-0.4, -0.2) is 34.0 Å². The van der Waals surface area contributed by atoms with Gasteiger partial charge in [-0.3, -0.25) is 14.7 Å². The zero-order valence-electron chi connectivity index (χ0n) is 12.4. The van der Waals surface area contributed by atoms with Gasteiger partial charge in [-0.25, -0.2) is 0 Å². The number of likely N-dealkylation sites (tertiary alicyclic amines) is 1. The Morgan fingerprint density at radius 3 is 2.76 bits per heavy atom. The third-order valence-corrected chi connectivity index (χ3v) is 4.24. The molecule has 1 aromatic heterocycles. The Morgan fingerprint density at radius 1 is 1.38 bits per heavy atom. The second kappa shape index (κ2) is 5.45. The smallest absolute Gasteiger partial charge is 0.325 e. The van der Waals surface area contributed by atoms with Crippen molar-refractivity contribution in [2.24, 2.45) is 5.92 Å². The molecule has 0 spiro atoms. The van der Waals surface area contributed by atoms with Gasteiger partial charge in [0.2, 0.25) is 0 Å². The molecule has 1 aromatic carbocycles. The molecule has 4 nitrogen and oxygen atoms in total. The molecule has 0 aliphatic carbocycles. The standard InChI is InChI=1S/C17H20N2O2/c1-3-15-13-5-4-6-14(12(13)7-8-18-15)16(17(20)21)19-9-11(2)10-19/h4-8,11,16H,3,9-10H2,1-2H3,(H,20,21). The molecular formula is C17H20N2O2. The maximum Gasteiger partial charge on any atom is 0.325 e. The van der Waals surface area contributed by atoms with E-state index in [0.29, 0.717) is 5.92 Å². The van der Waals surface area contributed by atoms with Gasteiger partial charge in [-0.2, -0.15) is 0 Å². The molecule has 0 amide bonds. The fourth-order valence-electron chi connectivity index (χ4n) is 3.26. The minimum Gasteiger partial charge on any atom is -0.480 e. The van der Waals surface area contributed by atoms with Crippen molar-refractivity contribution in [2.75, 3.05) is 13.1 Å². The van der Waals surface area contributed by atoms with Crippen molar-refractivity contribution in [2.45, 2.75) is 26.3 Å². The zero-order valence-corrected chi connectivity index (χ0v) is 12.4. The first-order valence-electron chi connectivity index (χ1n) is 7.45. The van der Waals surface area contributed by atoms with Crippen LogP contribution < -0.4 is 0 Å². The third kappa shape index (κ3) is 2.40. The number of carbonyl (C=O) groups is 1. The summed E-state index contributed by atoms with van der Waals surface area (Å²) in [6.45, 7) is 5.91. The highest BCUT2D eigenvalue weighted by Gasteiger charge is 2.35. The number of carboxylic acid groups (broad SMARTS) is 1. The molecular weight excluding hydrogens is 264 g/mol. The molecule has 1 unspecified atom stereocenters. The largest absolute Gasteiger partial charge is 0.480 e. The highest BCUT2D eigenvalue weighted by atomic mass is 16.4. The van der Waals surface area contributed by atoms with Gasteiger partial charge in [0.05, 0.1) is 0 Å². The summed E-state index contributed by atoms with van der Waals surface area (Å²) in [5.74, 6) is -0.195. The molecule has 0 bridgehead atoms. The molecule has 1 fully saturated rings. The maximum absolute atomic E-state index is 11.8. The second-order valence-corrected chi connectivity index (χ2v) is 5.85. The van der Waals surface area contributed by atoms with E-state index in [9.17, 15) is 9.90 Å². The Morgan fingerprint density at radius 2 is 2.14 bits per heavy atom. The Balaban J connectivity index is 2.12. The van der Waals surface area contributed by atoms with Crippen LogP contribution in [0.5, 0.6) is 0 Å². The fraction of sp³-hybridized carbons (Fsp3) is 0.412. The number of hydrogen-bond acceptors (Lipinski definition) is 3. The van der Waals surface area contributed by atoms with E-state index >= 15 is 0 Å². The number of pyridine rings is 1. The Kier molecular flexibility index (Phi) is 3.64. The molecule has 4 heteroatoms. The molecule has 1 atom stereocenters. The van der Waals surface area contributed by atoms with Crippen LogP contribution in [0.2, 0.25) is 0 Å². The molecule has 110 valence electrons. The highest BCUT2D eigenvalue weighted by Crippen LogP contribution is 2.33. The number of carboxylic acids is 1. The molecule has 2 aromatic rings. The minimum atomic E-state index is -0.774. The van der Waals surface area contributed by atoms with Crippen molar-refractivity contribution in [3.8, 4) is 0 Å². The van der Waals surface area contributed by atoms with E-state index in [1.165, 1.54) is 0 Å². The number of rotatable bonds is 4. The molecule has 1 N–H and O–H groups in total. The molecule has 0 saturated carbocycles. The van der Waals surface area contributed by atoms with E-state index in [1.807, 2.05) is 29.2 Å². The first kappa shape index (κ1) is 14.0. The first-order valence-corrected chi connectivity index (χ1v) is 7.45. The average Bonchev–Trinajstić information content (AvgIpc) is 2.45. The van der Waals surface area contributed by atoms with Gasteiger partial charge in [-0.05, 0) is 29.4 Å². The topological polar surface area (TPSA) is 53.4 Å². The SMILES string of the molecule is CCc1nccc2c(C(C(=O)O)N3CC(C)C3)cccc12. The average molecular weight is 284 g/mol. The van der Waals surface area contributed by atoms with Gasteiger partial charge < -0.3 is 5.11 Å². The molecule has 1 saturated heterocycles. The van der Waals surface area contributed by atoms with Crippen LogP contribution in [0.1, 0.15) is 31.1 Å². The van der Waals surface area contributed by atoms with Crippen LogP contribution in [0.25, 0.3) is 10.8 Å². The summed E-state index contributed by atoms with van der Waals surface area (Å²) < 4.78 is 0. The molecule has 1 aliphatic heterocycles. The van der Waals surface area contributed by atoms with Gasteiger partial charge in [0.15, 0.2) is 0 Å². The highest BCUT2D eigenvalue weighted by molar-refractivity contribution is 5.91. The molecule has 21 heavy (non-hydrogen) atoms. The third-order valence-electron chi connectivity index (χ3n) is 4.24. The number of aromatic nitrogens is 1. The number of hydrogen-bond donors (Lipinski definition) is 1. The summed E-state index contributed by atoms with van der Waals surface area (Å²) >= 11 is 0. The predicted molar refractivity (Wildman–Crippen MR) is 82.2 cm³/mol. The fourth-order valence-corrected chi connectivity index (χ4v) is 3.26. The number of aryl methyl sites for hydroxylation is 1. The van der Waals surface area contributed by atoms with E-state index in [0.717, 1.165) is 41.5 Å². The van der Waals surface area contributed by atoms with Gasteiger partial charge in [0.25, 0.3) is 0 Å². The molecule has 0 radical (unpaired) electrons. The van der Waals surface area contributed by atoms with Crippen LogP contribution in [0.15, 0.2) is 30.5 Å². The normalized spacial score (nSPS) is 17.6. The number of benzene rings is 1. The van der Waals surface area contributed by atoms with Crippen molar-refractivity contribution in [1.29, 1.82) is 0 Å². The Hall–Kier alpha value is -1.94. The molecule has 1 aliphatic rings. The van der Waals surface area contributed by atoms with Crippen LogP contribution in [0.3, 0.4) is 0 Å². The molecule has 3 rings (SSSR count). The Bertz CT molecular complexity index is 678. The van der Waals surface area contributed by atoms with Crippen LogP contribution in [0.4, 0.5) is 0 Å². The van der Waals surface area contributed by atoms with E-state index < -0.39 is 12.0 Å². The number of fused-ring (bicyclic) bond motifs is 1. The maximum atomic E-state index is 11.8. The van der Waals surface area contributed by atoms with E-state index in [-0.39, 0.29) is 0 Å². The van der Waals surface area contributed by atoms with Gasteiger partial charge in [0.1, 0.15) is 6.04 Å². The summed E-state index contributed by atoms with van der Waals surface area (Å²) in [6, 6.07) is 7.28. The van der Waals surface area contributed by atoms with Crippen molar-refractivity contribution >= 4 is 16.7 Å². The van der Waals surface area contributed by atoms with Gasteiger partial charge >= 0.3 is 5.97 Å². The monoisotopic (exact) mass is 284 g/mol. The van der Waals surface area contributed by atoms with E-state index in [2.05, 4.69) is 18.8 Å². The number of nitrogens with zero attached hydrogens (tertiary/aromatic N) is 2. The van der Waals surface area contributed by atoms with Crippen molar-refractivity contribution < 1.29 is 9.90 Å². The number of aliphatic carboxylic acids is 1. The first-order chi connectivity index (χ1) is 10.1.